The van der Waals surface area contributed by atoms with Gasteiger partial charge in [0.25, 0.3) is 0 Å². The van der Waals surface area contributed by atoms with E-state index in [0.717, 1.165) is 6.54 Å². The number of rotatable bonds is 0. The Kier molecular flexibility index (Phi) is 1.27. The van der Waals surface area contributed by atoms with E-state index in [1.807, 2.05) is 11.5 Å². The summed E-state index contributed by atoms with van der Waals surface area (Å²) >= 11 is 1.37. The van der Waals surface area contributed by atoms with E-state index >= 15 is 0 Å². The van der Waals surface area contributed by atoms with Gasteiger partial charge in [-0.15, -0.1) is 4.52 Å². The molecule has 0 atom stereocenters. The van der Waals surface area contributed by atoms with Crippen molar-refractivity contribution < 1.29 is 0 Å². The molecule has 0 fully saturated rings. The summed E-state index contributed by atoms with van der Waals surface area (Å²) in [6.07, 6.45) is 1.97. The summed E-state index contributed by atoms with van der Waals surface area (Å²) in [5, 5.41) is 5.60. The van der Waals surface area contributed by atoms with Crippen molar-refractivity contribution in [2.45, 2.75) is 0 Å². The smallest absolute Gasteiger partial charge is 0.0799 e. The Bertz CT molecular complexity index is 66.8. The fourth-order valence-corrected chi connectivity index (χ4v) is 0.587. The number of nitrogens with zero attached hydrogens (tertiary/aromatic N) is 2. The highest BCUT2D eigenvalue weighted by Gasteiger charge is 1.78. The molecule has 0 aromatic rings. The molecule has 0 aromatic carbocycles. The second kappa shape index (κ2) is 1.97. The van der Waals surface area contributed by atoms with Crippen molar-refractivity contribution in [3.8, 4) is 0 Å². The average molecular weight is 100 g/mol. The summed E-state index contributed by atoms with van der Waals surface area (Å²) in [6, 6.07) is 0. The highest BCUT2D eigenvalue weighted by atomic mass is 32.2. The topological polar surface area (TPSA) is 24.7 Å². The molecular weight excluding hydrogens is 96.1 g/mol. The Morgan fingerprint density at radius 1 is 1.67 bits per heavy atom. The molecule has 1 aliphatic rings. The third kappa shape index (κ3) is 0.825. The minimum absolute atomic E-state index is 0.757. The van der Waals surface area contributed by atoms with Crippen LogP contribution in [0.3, 0.4) is 0 Å². The first-order valence-electron chi connectivity index (χ1n) is 1.68. The van der Waals surface area contributed by atoms with E-state index in [-0.39, 0.29) is 0 Å². The van der Waals surface area contributed by atoms with Crippen LogP contribution in [0, 0.1) is 0 Å². The predicted molar refractivity (Wildman–Crippen MR) is 26.5 cm³/mol. The van der Waals surface area contributed by atoms with Crippen molar-refractivity contribution in [2.75, 3.05) is 6.54 Å². The first-order valence-corrected chi connectivity index (χ1v) is 2.51. The second-order valence-corrected chi connectivity index (χ2v) is 1.53. The van der Waals surface area contributed by atoms with Gasteiger partial charge in [-0.2, -0.15) is 5.11 Å². The molecule has 0 amide bonds. The maximum Gasteiger partial charge on any atom is 0.0799 e. The van der Waals surface area contributed by atoms with Crippen LogP contribution >= 0.6 is 11.9 Å². The molecule has 0 saturated heterocycles. The van der Waals surface area contributed by atoms with Crippen LogP contribution in [0.25, 0.3) is 0 Å². The zero-order valence-corrected chi connectivity index (χ0v) is 3.98. The molecule has 0 saturated carbocycles. The van der Waals surface area contributed by atoms with Gasteiger partial charge >= 0.3 is 0 Å². The van der Waals surface area contributed by atoms with Crippen molar-refractivity contribution >= 4 is 11.9 Å². The summed E-state index contributed by atoms with van der Waals surface area (Å²) in [5.74, 6) is 0. The van der Waals surface area contributed by atoms with E-state index in [1.54, 1.807) is 0 Å². The van der Waals surface area contributed by atoms with Crippen molar-refractivity contribution in [3.63, 3.8) is 0 Å². The molecule has 32 valence electrons. The van der Waals surface area contributed by atoms with Crippen LogP contribution in [0.1, 0.15) is 0 Å². The lowest BCUT2D eigenvalue weighted by Crippen LogP contribution is -1.68. The minimum atomic E-state index is 0.757. The van der Waals surface area contributed by atoms with E-state index in [0.29, 0.717) is 0 Å². The predicted octanol–water partition coefficient (Wildman–Crippen LogP) is 1.61. The lowest BCUT2D eigenvalue weighted by atomic mass is 10.7. The molecule has 1 aliphatic heterocycles. The Hall–Kier alpha value is -0.310. The molecule has 0 spiro atoms. The maximum atomic E-state index is 3.68. The summed E-state index contributed by atoms with van der Waals surface area (Å²) in [4.78, 5) is 0. The lowest BCUT2D eigenvalue weighted by Gasteiger charge is -1.85. The zero-order chi connectivity index (χ0) is 4.24. The number of hydrogen-bond acceptors (Lipinski definition) is 3. The quantitative estimate of drug-likeness (QED) is 0.424. The monoisotopic (exact) mass is 100 g/mol. The Labute approximate surface area is 40.5 Å². The van der Waals surface area contributed by atoms with Crippen molar-refractivity contribution in [1.82, 2.24) is 0 Å². The van der Waals surface area contributed by atoms with Gasteiger partial charge in [-0.05, 0) is 5.41 Å². The van der Waals surface area contributed by atoms with E-state index in [4.69, 9.17) is 0 Å². The van der Waals surface area contributed by atoms with Crippen LogP contribution in [-0.2, 0) is 0 Å². The van der Waals surface area contributed by atoms with Gasteiger partial charge in [0.05, 0.1) is 6.54 Å². The highest BCUT2D eigenvalue weighted by Crippen LogP contribution is 2.07. The van der Waals surface area contributed by atoms with Crippen LogP contribution in [0.2, 0.25) is 0 Å². The van der Waals surface area contributed by atoms with Gasteiger partial charge in [-0.3, -0.25) is 0 Å². The molecule has 0 N–H and O–H groups in total. The van der Waals surface area contributed by atoms with Gasteiger partial charge in [-0.25, -0.2) is 0 Å². The molecule has 0 radical (unpaired) electrons. The van der Waals surface area contributed by atoms with Gasteiger partial charge in [0.1, 0.15) is 0 Å². The van der Waals surface area contributed by atoms with Crippen LogP contribution < -0.4 is 0 Å². The first kappa shape index (κ1) is 3.87. The third-order valence-corrected chi connectivity index (χ3v) is 0.973. The van der Waals surface area contributed by atoms with Crippen molar-refractivity contribution in [3.05, 3.63) is 11.5 Å². The Morgan fingerprint density at radius 3 is 2.83 bits per heavy atom. The Balaban J connectivity index is 2.40. The van der Waals surface area contributed by atoms with E-state index in [9.17, 15) is 0 Å². The molecule has 0 aliphatic carbocycles. The molecule has 0 unspecified atom stereocenters. The fourth-order valence-electron chi connectivity index (χ4n) is 0.227. The standard InChI is InChI=1S/C3H4N2S/c1-2-4-5-6-3-1/h1,3H,2H2. The lowest BCUT2D eigenvalue weighted by molar-refractivity contribution is 1.12. The molecule has 0 bridgehead atoms. The van der Waals surface area contributed by atoms with Crippen LogP contribution in [-0.4, -0.2) is 6.54 Å². The molecule has 1 rings (SSSR count). The zero-order valence-electron chi connectivity index (χ0n) is 3.16. The van der Waals surface area contributed by atoms with Gasteiger partial charge in [0.15, 0.2) is 0 Å². The van der Waals surface area contributed by atoms with E-state index in [2.05, 4.69) is 9.63 Å². The van der Waals surface area contributed by atoms with Crippen LogP contribution in [0.5, 0.6) is 0 Å². The minimum Gasteiger partial charge on any atom is -0.177 e. The Morgan fingerprint density at radius 2 is 2.67 bits per heavy atom. The van der Waals surface area contributed by atoms with Crippen molar-refractivity contribution in [2.24, 2.45) is 9.63 Å². The average Bonchev–Trinajstić information content (AvgIpc) is 1.72. The molecule has 3 heteroatoms. The van der Waals surface area contributed by atoms with E-state index < -0.39 is 0 Å². The summed E-state index contributed by atoms with van der Waals surface area (Å²) < 4.78 is 3.63. The van der Waals surface area contributed by atoms with Crippen molar-refractivity contribution in [1.29, 1.82) is 0 Å². The maximum absolute atomic E-state index is 3.68. The summed E-state index contributed by atoms with van der Waals surface area (Å²) in [7, 11) is 0. The summed E-state index contributed by atoms with van der Waals surface area (Å²) in [6.45, 7) is 0.757. The fraction of sp³-hybridized carbons (Fsp3) is 0.333. The molecule has 2 nitrogen and oxygen atoms in total. The van der Waals surface area contributed by atoms with E-state index in [1.165, 1.54) is 11.9 Å². The first-order chi connectivity index (χ1) is 3.00. The van der Waals surface area contributed by atoms with Gasteiger partial charge in [-0.1, -0.05) is 6.08 Å². The van der Waals surface area contributed by atoms with Gasteiger partial charge < -0.3 is 0 Å². The third-order valence-electron chi connectivity index (χ3n) is 0.449. The highest BCUT2D eigenvalue weighted by molar-refractivity contribution is 8.00. The number of hydrogen-bond donors (Lipinski definition) is 0. The molecule has 1 heterocycles. The van der Waals surface area contributed by atoms with Crippen LogP contribution in [0.15, 0.2) is 21.1 Å². The SMILES string of the molecule is C1=CSN=NC1. The molecule has 0 aromatic heterocycles. The second-order valence-electron chi connectivity index (χ2n) is 0.883. The van der Waals surface area contributed by atoms with Crippen LogP contribution in [0.4, 0.5) is 0 Å². The normalized spacial score (nSPS) is 18.7. The molecule has 6 heavy (non-hydrogen) atoms. The largest absolute Gasteiger partial charge is 0.177 e. The van der Waals surface area contributed by atoms with Gasteiger partial charge in [0, 0.05) is 11.9 Å². The summed E-state index contributed by atoms with van der Waals surface area (Å²) in [5.41, 5.74) is 0. The van der Waals surface area contributed by atoms with Gasteiger partial charge in [0.2, 0.25) is 0 Å². The molecular formula is C3H4N2S.